The summed E-state index contributed by atoms with van der Waals surface area (Å²) in [6.45, 7) is 1.93. The number of nitrogens with zero attached hydrogens (tertiary/aromatic N) is 2. The van der Waals surface area contributed by atoms with Crippen molar-refractivity contribution < 1.29 is 9.90 Å². The second-order valence-electron chi connectivity index (χ2n) is 5.87. The van der Waals surface area contributed by atoms with E-state index in [0.29, 0.717) is 10.4 Å². The maximum atomic E-state index is 10.6. The van der Waals surface area contributed by atoms with E-state index in [-0.39, 0.29) is 6.04 Å². The zero-order valence-corrected chi connectivity index (χ0v) is 11.9. The van der Waals surface area contributed by atoms with Crippen molar-refractivity contribution in [3.63, 3.8) is 0 Å². The maximum Gasteiger partial charge on any atom is 0.404 e. The van der Waals surface area contributed by atoms with Gasteiger partial charge in [0.2, 0.25) is 0 Å². The van der Waals surface area contributed by atoms with Crippen LogP contribution in [0.5, 0.6) is 0 Å². The van der Waals surface area contributed by atoms with E-state index in [1.54, 1.807) is 12.3 Å². The molecular formula is C14H18ClN3O2. The number of rotatable bonds is 2. The highest BCUT2D eigenvalue weighted by molar-refractivity contribution is 6.30. The molecular weight excluding hydrogens is 278 g/mol. The fourth-order valence-electron chi connectivity index (χ4n) is 3.45. The molecule has 1 amide bonds. The lowest BCUT2D eigenvalue weighted by Gasteiger charge is -2.52. The molecule has 2 fully saturated rings. The van der Waals surface area contributed by atoms with E-state index < -0.39 is 6.09 Å². The van der Waals surface area contributed by atoms with Crippen molar-refractivity contribution in [3.05, 3.63) is 23.4 Å². The van der Waals surface area contributed by atoms with Gasteiger partial charge in [0.15, 0.2) is 0 Å². The summed E-state index contributed by atoms with van der Waals surface area (Å²) in [7, 11) is 0. The third-order valence-electron chi connectivity index (χ3n) is 4.54. The molecule has 2 heterocycles. The lowest BCUT2D eigenvalue weighted by molar-refractivity contribution is 0.0529. The molecule has 5 nitrogen and oxygen atoms in total. The summed E-state index contributed by atoms with van der Waals surface area (Å²) in [4.78, 5) is 17.2. The molecule has 2 aliphatic rings. The number of pyridine rings is 1. The van der Waals surface area contributed by atoms with E-state index in [0.717, 1.165) is 44.6 Å². The molecule has 1 saturated carbocycles. The summed E-state index contributed by atoms with van der Waals surface area (Å²) in [5, 5.41) is 12.0. The molecule has 1 saturated heterocycles. The first kappa shape index (κ1) is 13.5. The number of nitrogens with one attached hydrogen (secondary N) is 1. The quantitative estimate of drug-likeness (QED) is 0.880. The Kier molecular flexibility index (Phi) is 3.46. The van der Waals surface area contributed by atoms with Gasteiger partial charge in [-0.3, -0.25) is 0 Å². The third-order valence-corrected chi connectivity index (χ3v) is 4.78. The lowest BCUT2D eigenvalue weighted by Crippen LogP contribution is -2.54. The minimum atomic E-state index is -0.912. The van der Waals surface area contributed by atoms with Crippen LogP contribution in [0.1, 0.15) is 25.7 Å². The molecule has 0 unspecified atom stereocenters. The van der Waals surface area contributed by atoms with Crippen LogP contribution in [-0.2, 0) is 0 Å². The second kappa shape index (κ2) is 5.13. The molecule has 3 rings (SSSR count). The Morgan fingerprint density at radius 2 is 2.15 bits per heavy atom. The number of halogens is 1. The van der Waals surface area contributed by atoms with Crippen molar-refractivity contribution in [2.45, 2.75) is 31.7 Å². The fourth-order valence-corrected chi connectivity index (χ4v) is 3.60. The number of hydrogen-bond donors (Lipinski definition) is 2. The molecule has 1 spiro atoms. The summed E-state index contributed by atoms with van der Waals surface area (Å²) < 4.78 is 0. The predicted molar refractivity (Wildman–Crippen MR) is 77.3 cm³/mol. The van der Waals surface area contributed by atoms with Crippen LogP contribution >= 0.6 is 11.6 Å². The van der Waals surface area contributed by atoms with E-state index in [4.69, 9.17) is 16.7 Å². The summed E-state index contributed by atoms with van der Waals surface area (Å²) in [5.74, 6) is 0.937. The van der Waals surface area contributed by atoms with Crippen LogP contribution in [0.3, 0.4) is 0 Å². The first-order valence-corrected chi connectivity index (χ1v) is 7.30. The van der Waals surface area contributed by atoms with Gasteiger partial charge in [-0.1, -0.05) is 11.6 Å². The zero-order valence-electron chi connectivity index (χ0n) is 11.2. The number of piperidine rings is 1. The molecule has 108 valence electrons. The Morgan fingerprint density at radius 3 is 2.75 bits per heavy atom. The van der Waals surface area contributed by atoms with Gasteiger partial charge in [-0.15, -0.1) is 0 Å². The average Bonchev–Trinajstić information content (AvgIpc) is 2.37. The summed E-state index contributed by atoms with van der Waals surface area (Å²) in [5.41, 5.74) is 0.336. The largest absolute Gasteiger partial charge is 0.465 e. The lowest BCUT2D eigenvalue weighted by atomic mass is 9.60. The average molecular weight is 296 g/mol. The predicted octanol–water partition coefficient (Wildman–Crippen LogP) is 2.75. The molecule has 20 heavy (non-hydrogen) atoms. The van der Waals surface area contributed by atoms with Gasteiger partial charge in [0.25, 0.3) is 0 Å². The monoisotopic (exact) mass is 295 g/mol. The van der Waals surface area contributed by atoms with Crippen molar-refractivity contribution >= 4 is 23.5 Å². The van der Waals surface area contributed by atoms with Crippen molar-refractivity contribution in [3.8, 4) is 0 Å². The van der Waals surface area contributed by atoms with E-state index >= 15 is 0 Å². The van der Waals surface area contributed by atoms with Crippen LogP contribution in [0, 0.1) is 5.41 Å². The maximum absolute atomic E-state index is 10.6. The Labute approximate surface area is 122 Å². The highest BCUT2D eigenvalue weighted by Crippen LogP contribution is 2.49. The number of hydrogen-bond acceptors (Lipinski definition) is 3. The number of aromatic nitrogens is 1. The van der Waals surface area contributed by atoms with Crippen LogP contribution in [0.4, 0.5) is 10.6 Å². The van der Waals surface area contributed by atoms with Crippen molar-refractivity contribution in [1.29, 1.82) is 0 Å². The van der Waals surface area contributed by atoms with Gasteiger partial charge in [0, 0.05) is 30.4 Å². The normalized spacial score (nSPS) is 21.6. The summed E-state index contributed by atoms with van der Waals surface area (Å²) in [6.07, 6.45) is 4.95. The molecule has 2 N–H and O–H groups in total. The topological polar surface area (TPSA) is 65.5 Å². The van der Waals surface area contributed by atoms with Crippen LogP contribution in [0.15, 0.2) is 18.3 Å². The number of anilines is 1. The molecule has 1 aromatic rings. The fraction of sp³-hybridized carbons (Fsp3) is 0.571. The van der Waals surface area contributed by atoms with Gasteiger partial charge >= 0.3 is 6.09 Å². The van der Waals surface area contributed by atoms with E-state index in [2.05, 4.69) is 15.2 Å². The van der Waals surface area contributed by atoms with Crippen molar-refractivity contribution in [2.75, 3.05) is 18.0 Å². The highest BCUT2D eigenvalue weighted by Gasteiger charge is 2.46. The minimum absolute atomic E-state index is 0.142. The minimum Gasteiger partial charge on any atom is -0.465 e. The molecule has 1 aromatic heterocycles. The van der Waals surface area contributed by atoms with E-state index in [9.17, 15) is 4.79 Å². The Morgan fingerprint density at radius 1 is 1.45 bits per heavy atom. The summed E-state index contributed by atoms with van der Waals surface area (Å²) in [6, 6.07) is 3.82. The van der Waals surface area contributed by atoms with Crippen molar-refractivity contribution in [2.24, 2.45) is 5.41 Å². The second-order valence-corrected chi connectivity index (χ2v) is 6.31. The van der Waals surface area contributed by atoms with Crippen LogP contribution in [0.2, 0.25) is 5.02 Å². The smallest absolute Gasteiger partial charge is 0.404 e. The number of carbonyl (C=O) groups is 1. The molecule has 0 radical (unpaired) electrons. The molecule has 6 heteroatoms. The molecule has 0 bridgehead atoms. The number of carboxylic acid groups (broad SMARTS) is 1. The Bertz CT molecular complexity index is 507. The van der Waals surface area contributed by atoms with Gasteiger partial charge in [0.1, 0.15) is 5.82 Å². The Balaban J connectivity index is 1.54. The van der Waals surface area contributed by atoms with Gasteiger partial charge in [-0.05, 0) is 43.2 Å². The first-order chi connectivity index (χ1) is 9.56. The molecule has 1 aliphatic heterocycles. The van der Waals surface area contributed by atoms with E-state index in [1.807, 2.05) is 6.07 Å². The first-order valence-electron chi connectivity index (χ1n) is 6.92. The zero-order chi connectivity index (χ0) is 14.2. The van der Waals surface area contributed by atoms with Crippen LogP contribution < -0.4 is 10.2 Å². The Hall–Kier alpha value is -1.49. The summed E-state index contributed by atoms with van der Waals surface area (Å²) >= 11 is 6.00. The van der Waals surface area contributed by atoms with Gasteiger partial charge in [0.05, 0.1) is 0 Å². The molecule has 0 atom stereocenters. The SMILES string of the molecule is O=C(O)NC1CC2(CCN(c3cc(Cl)ccn3)CC2)C1. The highest BCUT2D eigenvalue weighted by atomic mass is 35.5. The standard InChI is InChI=1S/C14H18ClN3O2/c15-10-1-4-16-12(7-10)18-5-2-14(3-6-18)8-11(9-14)17-13(19)20/h1,4,7,11,17H,2-3,5-6,8-9H2,(H,19,20). The number of amides is 1. The van der Waals surface area contributed by atoms with Gasteiger partial charge in [-0.2, -0.15) is 0 Å². The van der Waals surface area contributed by atoms with Crippen LogP contribution in [-0.4, -0.2) is 35.3 Å². The van der Waals surface area contributed by atoms with Gasteiger partial charge < -0.3 is 15.3 Å². The molecule has 1 aliphatic carbocycles. The molecule has 0 aromatic carbocycles. The van der Waals surface area contributed by atoms with Crippen LogP contribution in [0.25, 0.3) is 0 Å². The van der Waals surface area contributed by atoms with E-state index in [1.165, 1.54) is 0 Å². The third kappa shape index (κ3) is 2.68. The van der Waals surface area contributed by atoms with Gasteiger partial charge in [-0.25, -0.2) is 9.78 Å². The van der Waals surface area contributed by atoms with Crippen molar-refractivity contribution in [1.82, 2.24) is 10.3 Å².